The van der Waals surface area contributed by atoms with Crippen molar-refractivity contribution >= 4 is 27.9 Å². The average molecular weight is 247 g/mol. The summed E-state index contributed by atoms with van der Waals surface area (Å²) >= 11 is 0. The summed E-state index contributed by atoms with van der Waals surface area (Å²) in [4.78, 5) is 0. The average Bonchev–Trinajstić information content (AvgIpc) is 2.74. The molecule has 1 aliphatic carbocycles. The standard InChI is InChI=1S/C18H17N/c1-12-6-5-8-15-13(12)10-11-16-14-7-3-4-9-17(14)19(2)18(15)16/h3-5,7-12H,6H2,1-2H3. The zero-order valence-corrected chi connectivity index (χ0v) is 11.4. The summed E-state index contributed by atoms with van der Waals surface area (Å²) in [6.07, 6.45) is 5.77. The van der Waals surface area contributed by atoms with Crippen molar-refractivity contribution < 1.29 is 0 Å². The van der Waals surface area contributed by atoms with Gasteiger partial charge in [-0.15, -0.1) is 0 Å². The smallest absolute Gasteiger partial charge is 0.0565 e. The van der Waals surface area contributed by atoms with E-state index in [4.69, 9.17) is 0 Å². The summed E-state index contributed by atoms with van der Waals surface area (Å²) in [6, 6.07) is 13.3. The molecule has 0 spiro atoms. The van der Waals surface area contributed by atoms with Crippen molar-refractivity contribution in [1.29, 1.82) is 0 Å². The zero-order valence-electron chi connectivity index (χ0n) is 11.4. The maximum Gasteiger partial charge on any atom is 0.0565 e. The van der Waals surface area contributed by atoms with Gasteiger partial charge in [0.1, 0.15) is 0 Å². The van der Waals surface area contributed by atoms with Gasteiger partial charge in [-0.2, -0.15) is 0 Å². The minimum Gasteiger partial charge on any atom is -0.343 e. The molecule has 4 rings (SSSR count). The third kappa shape index (κ3) is 1.36. The van der Waals surface area contributed by atoms with Crippen molar-refractivity contribution in [3.8, 4) is 0 Å². The van der Waals surface area contributed by atoms with E-state index in [2.05, 4.69) is 67.1 Å². The van der Waals surface area contributed by atoms with E-state index < -0.39 is 0 Å². The summed E-state index contributed by atoms with van der Waals surface area (Å²) < 4.78 is 2.34. The molecule has 2 aromatic carbocycles. The first-order valence-corrected chi connectivity index (χ1v) is 6.94. The number of benzene rings is 2. The largest absolute Gasteiger partial charge is 0.343 e. The zero-order chi connectivity index (χ0) is 13.0. The summed E-state index contributed by atoms with van der Waals surface area (Å²) in [5.41, 5.74) is 5.59. The summed E-state index contributed by atoms with van der Waals surface area (Å²) in [6.45, 7) is 2.32. The maximum absolute atomic E-state index is 2.34. The van der Waals surface area contributed by atoms with Gasteiger partial charge in [0.25, 0.3) is 0 Å². The quantitative estimate of drug-likeness (QED) is 0.535. The maximum atomic E-state index is 2.34. The van der Waals surface area contributed by atoms with Gasteiger partial charge < -0.3 is 4.57 Å². The van der Waals surface area contributed by atoms with Crippen molar-refractivity contribution in [2.45, 2.75) is 19.3 Å². The van der Waals surface area contributed by atoms with Gasteiger partial charge >= 0.3 is 0 Å². The Morgan fingerprint density at radius 3 is 2.79 bits per heavy atom. The van der Waals surface area contributed by atoms with Gasteiger partial charge in [0.15, 0.2) is 0 Å². The number of rotatable bonds is 0. The molecule has 0 amide bonds. The van der Waals surface area contributed by atoms with Gasteiger partial charge in [-0.1, -0.05) is 49.4 Å². The first-order chi connectivity index (χ1) is 9.27. The Labute approximate surface area is 113 Å². The second-order valence-corrected chi connectivity index (χ2v) is 5.58. The highest BCUT2D eigenvalue weighted by atomic mass is 14.9. The fourth-order valence-corrected chi connectivity index (χ4v) is 3.44. The van der Waals surface area contributed by atoms with Crippen molar-refractivity contribution in [2.75, 3.05) is 0 Å². The molecule has 1 heterocycles. The third-order valence-corrected chi connectivity index (χ3v) is 4.45. The molecule has 0 aliphatic heterocycles. The van der Waals surface area contributed by atoms with E-state index in [1.807, 2.05) is 0 Å². The van der Waals surface area contributed by atoms with Gasteiger partial charge in [-0.05, 0) is 24.0 Å². The molecule has 1 aliphatic rings. The number of aryl methyl sites for hydroxylation is 1. The van der Waals surface area contributed by atoms with E-state index in [1.54, 1.807) is 0 Å². The van der Waals surface area contributed by atoms with Gasteiger partial charge in [0, 0.05) is 28.9 Å². The van der Waals surface area contributed by atoms with Crippen LogP contribution in [0.3, 0.4) is 0 Å². The van der Waals surface area contributed by atoms with Crippen LogP contribution in [0, 0.1) is 0 Å². The number of hydrogen-bond acceptors (Lipinski definition) is 0. The molecule has 0 saturated heterocycles. The molecule has 3 aromatic rings. The van der Waals surface area contributed by atoms with E-state index in [0.717, 1.165) is 6.42 Å². The fourth-order valence-electron chi connectivity index (χ4n) is 3.44. The third-order valence-electron chi connectivity index (χ3n) is 4.45. The monoisotopic (exact) mass is 247 g/mol. The van der Waals surface area contributed by atoms with Gasteiger partial charge in [-0.3, -0.25) is 0 Å². The van der Waals surface area contributed by atoms with Crippen molar-refractivity contribution in [3.63, 3.8) is 0 Å². The number of fused-ring (bicyclic) bond motifs is 5. The van der Waals surface area contributed by atoms with Gasteiger partial charge in [0.2, 0.25) is 0 Å². The van der Waals surface area contributed by atoms with E-state index >= 15 is 0 Å². The molecule has 1 nitrogen and oxygen atoms in total. The van der Waals surface area contributed by atoms with Gasteiger partial charge in [-0.25, -0.2) is 0 Å². The van der Waals surface area contributed by atoms with Crippen LogP contribution < -0.4 is 0 Å². The molecule has 0 bridgehead atoms. The van der Waals surface area contributed by atoms with Crippen LogP contribution in [0.2, 0.25) is 0 Å². The molecule has 1 unspecified atom stereocenters. The van der Waals surface area contributed by atoms with Crippen LogP contribution in [-0.2, 0) is 7.05 Å². The Morgan fingerprint density at radius 1 is 1.05 bits per heavy atom. The normalized spacial score (nSPS) is 18.1. The highest BCUT2D eigenvalue weighted by Gasteiger charge is 2.18. The van der Waals surface area contributed by atoms with E-state index in [-0.39, 0.29) is 0 Å². The van der Waals surface area contributed by atoms with Crippen LogP contribution in [-0.4, -0.2) is 4.57 Å². The SMILES string of the molecule is CC1CC=Cc2c1ccc1c3ccccc3n(C)c21. The minimum atomic E-state index is 0.627. The van der Waals surface area contributed by atoms with Crippen LogP contribution in [0.25, 0.3) is 27.9 Å². The van der Waals surface area contributed by atoms with Crippen LogP contribution >= 0.6 is 0 Å². The highest BCUT2D eigenvalue weighted by molar-refractivity contribution is 6.10. The molecule has 19 heavy (non-hydrogen) atoms. The Kier molecular flexibility index (Phi) is 2.14. The van der Waals surface area contributed by atoms with Crippen molar-refractivity contribution in [2.24, 2.45) is 7.05 Å². The molecule has 1 aromatic heterocycles. The molecule has 0 saturated carbocycles. The Hall–Kier alpha value is -2.02. The molecule has 0 N–H and O–H groups in total. The molecule has 94 valence electrons. The predicted octanol–water partition coefficient (Wildman–Crippen LogP) is 4.85. The lowest BCUT2D eigenvalue weighted by atomic mass is 9.87. The summed E-state index contributed by atoms with van der Waals surface area (Å²) in [7, 11) is 2.18. The number of aromatic nitrogens is 1. The summed E-state index contributed by atoms with van der Waals surface area (Å²) in [5.74, 6) is 0.627. The van der Waals surface area contributed by atoms with E-state index in [9.17, 15) is 0 Å². The Balaban J connectivity index is 2.24. The molecule has 0 fully saturated rings. The van der Waals surface area contributed by atoms with E-state index in [0.29, 0.717) is 5.92 Å². The molecule has 1 atom stereocenters. The minimum absolute atomic E-state index is 0.627. The lowest BCUT2D eigenvalue weighted by Crippen LogP contribution is -2.01. The van der Waals surface area contributed by atoms with Crippen molar-refractivity contribution in [3.05, 3.63) is 53.6 Å². The number of para-hydroxylation sites is 1. The Bertz CT molecular complexity index is 820. The number of hydrogen-bond donors (Lipinski definition) is 0. The number of nitrogens with zero attached hydrogens (tertiary/aromatic N) is 1. The van der Waals surface area contributed by atoms with Crippen LogP contribution in [0.4, 0.5) is 0 Å². The lowest BCUT2D eigenvalue weighted by Gasteiger charge is -2.19. The molecule has 0 radical (unpaired) electrons. The van der Waals surface area contributed by atoms with E-state index in [1.165, 1.54) is 32.9 Å². The lowest BCUT2D eigenvalue weighted by molar-refractivity contribution is 0.772. The first kappa shape index (κ1) is 10.9. The number of allylic oxidation sites excluding steroid dienone is 1. The molecule has 1 heteroatoms. The van der Waals surface area contributed by atoms with Crippen molar-refractivity contribution in [1.82, 2.24) is 4.57 Å². The van der Waals surface area contributed by atoms with Gasteiger partial charge in [0.05, 0.1) is 5.52 Å². The highest BCUT2D eigenvalue weighted by Crippen LogP contribution is 2.38. The van der Waals surface area contributed by atoms with Crippen LogP contribution in [0.1, 0.15) is 30.4 Å². The topological polar surface area (TPSA) is 4.93 Å². The Morgan fingerprint density at radius 2 is 1.89 bits per heavy atom. The second-order valence-electron chi connectivity index (χ2n) is 5.58. The molecular weight excluding hydrogens is 230 g/mol. The molecular formula is C18H17N. The first-order valence-electron chi connectivity index (χ1n) is 6.94. The van der Waals surface area contributed by atoms with Crippen LogP contribution in [0.15, 0.2) is 42.5 Å². The van der Waals surface area contributed by atoms with Crippen LogP contribution in [0.5, 0.6) is 0 Å². The summed E-state index contributed by atoms with van der Waals surface area (Å²) in [5, 5.41) is 2.73. The fraction of sp³-hybridized carbons (Fsp3) is 0.222. The second kappa shape index (κ2) is 3.74. The predicted molar refractivity (Wildman–Crippen MR) is 82.5 cm³/mol.